The second kappa shape index (κ2) is 28.7. The van der Waals surface area contributed by atoms with Crippen molar-refractivity contribution in [3.05, 3.63) is 137 Å². The molecule has 0 aromatic heterocycles. The van der Waals surface area contributed by atoms with Gasteiger partial charge in [-0.2, -0.15) is 5.06 Å². The Hall–Kier alpha value is -3.88. The number of hydroxylamine groups is 3. The lowest BCUT2D eigenvalue weighted by molar-refractivity contribution is -0.469. The van der Waals surface area contributed by atoms with Crippen LogP contribution in [0.1, 0.15) is 83.2 Å². The van der Waals surface area contributed by atoms with Gasteiger partial charge in [-0.15, -0.1) is 0 Å². The molecule has 6 rings (SSSR count). The highest BCUT2D eigenvalue weighted by Crippen LogP contribution is 2.42. The number of hydrogen-bond donors (Lipinski definition) is 1. The molecule has 2 heterocycles. The van der Waals surface area contributed by atoms with E-state index >= 15 is 0 Å². The molecule has 4 aromatic rings. The molecule has 2 fully saturated rings. The number of nitrogens with zero attached hydrogens (tertiary/aromatic N) is 2. The number of hydrogen-bond acceptors (Lipinski definition) is 13. The summed E-state index contributed by atoms with van der Waals surface area (Å²) in [5.74, 6) is 1.23. The van der Waals surface area contributed by atoms with Crippen LogP contribution in [0.25, 0.3) is 0 Å². The maximum atomic E-state index is 12.9. The fraction of sp³-hybridized carbons (Fsp3) is 0.491. The largest absolute Gasteiger partial charge is 0.623 e. The van der Waals surface area contributed by atoms with Crippen LogP contribution in [0, 0.1) is 25.2 Å². The molecule has 14 nitrogen and oxygen atoms in total. The number of cyclic esters (lactones) is 1. The average molecular weight is 1300 g/mol. The number of fused-ring (bicyclic) bond motifs is 1. The van der Waals surface area contributed by atoms with Crippen molar-refractivity contribution in [2.45, 2.75) is 149 Å². The topological polar surface area (TPSA) is 158 Å². The van der Waals surface area contributed by atoms with Gasteiger partial charge in [0.05, 0.1) is 58.7 Å². The summed E-state index contributed by atoms with van der Waals surface area (Å²) in [5, 5.41) is 23.0. The summed E-state index contributed by atoms with van der Waals surface area (Å²) in [7, 11) is -0.731. The lowest BCUT2D eigenvalue weighted by atomic mass is 9.93. The van der Waals surface area contributed by atoms with Crippen molar-refractivity contribution in [3.8, 4) is 17.2 Å². The highest BCUT2D eigenvalue weighted by atomic mass is 127. The molecule has 0 bridgehead atoms. The van der Waals surface area contributed by atoms with Crippen molar-refractivity contribution in [2.75, 3.05) is 27.4 Å². The van der Waals surface area contributed by atoms with Crippen LogP contribution < -0.4 is 14.2 Å². The molecule has 0 saturated carbocycles. The summed E-state index contributed by atoms with van der Waals surface area (Å²) in [6, 6.07) is 27.1. The summed E-state index contributed by atoms with van der Waals surface area (Å²) in [5.41, 5.74) is 4.98. The van der Waals surface area contributed by atoms with E-state index in [0.717, 1.165) is 41.5 Å². The molecule has 75 heavy (non-hydrogen) atoms. The van der Waals surface area contributed by atoms with Gasteiger partial charge >= 0.3 is 11.9 Å². The van der Waals surface area contributed by atoms with Gasteiger partial charge in [-0.3, -0.25) is 9.63 Å². The Morgan fingerprint density at radius 2 is 1.35 bits per heavy atom. The van der Waals surface area contributed by atoms with Crippen LogP contribution in [0.4, 0.5) is 0 Å². The zero-order chi connectivity index (χ0) is 55.9. The summed E-state index contributed by atoms with van der Waals surface area (Å²) >= 11 is 4.45. The number of methoxy groups -OCH3 is 2. The average Bonchev–Trinajstić information content (AvgIpc) is 3.85. The third-order valence-corrected chi connectivity index (χ3v) is 24.6. The number of rotatable bonds is 19. The lowest BCUT2D eigenvalue weighted by Crippen LogP contribution is -2.44. The molecular weight excluding hydrogens is 1210 g/mol. The van der Waals surface area contributed by atoms with E-state index in [2.05, 4.69) is 149 Å². The molecule has 4 aromatic carbocycles. The minimum absolute atomic E-state index is 0.0100. The number of aliphatic hydroxyl groups excluding tert-OH is 1. The predicted molar refractivity (Wildman–Crippen MR) is 317 cm³/mol. The van der Waals surface area contributed by atoms with E-state index in [4.69, 9.17) is 37.7 Å². The normalized spacial score (nSPS) is 18.5. The first-order valence-electron chi connectivity index (χ1n) is 25.2. The van der Waals surface area contributed by atoms with Gasteiger partial charge in [0.25, 0.3) is 6.21 Å². The van der Waals surface area contributed by atoms with Crippen LogP contribution >= 0.6 is 45.2 Å². The van der Waals surface area contributed by atoms with Crippen molar-refractivity contribution in [2.24, 2.45) is 5.92 Å². The number of benzene rings is 4. The van der Waals surface area contributed by atoms with Crippen LogP contribution in [-0.2, 0) is 59.1 Å². The predicted octanol–water partition coefficient (Wildman–Crippen LogP) is 12.3. The van der Waals surface area contributed by atoms with Crippen molar-refractivity contribution < 1.29 is 56.8 Å². The minimum atomic E-state index is -1.96. The number of ether oxygens (including phenoxy) is 5. The molecule has 412 valence electrons. The van der Waals surface area contributed by atoms with Gasteiger partial charge < -0.3 is 42.9 Å². The van der Waals surface area contributed by atoms with Gasteiger partial charge in [0, 0.05) is 5.56 Å². The van der Waals surface area contributed by atoms with E-state index in [0.29, 0.717) is 49.0 Å². The number of para-hydroxylation sites is 2. The van der Waals surface area contributed by atoms with Gasteiger partial charge in [-0.1, -0.05) is 114 Å². The summed E-state index contributed by atoms with van der Waals surface area (Å²) in [4.78, 5) is 30.4. The first kappa shape index (κ1) is 63.7. The first-order valence-corrected chi connectivity index (χ1v) is 33.2. The maximum Gasteiger partial charge on any atom is 0.396 e. The standard InChI is InChI=1S/C28H38INO5Si.C18H18INO5.C11H24O2Si/c1-18-11-13-20(14-12-18)16-32-26-21(9-8-10-22(26)29)15-30-25-24(19(2)34-27(25)31)23(35-30)17-33-36(6,7)28(3,4)5;1-23-15-8-6-13(7-9-15)12-25-18-14(4-3-5-16(18)19)10-20(22)11-17(21)24-2;1-10(12)8-7-9-13-14(5,6)11(2,3)4/h8-14,19,23-25H,15-17H2,1-7H3;3-9,11H,10,12H2,1-2H3;7-8,10,12H,9H2,1-6H3/b;20-11-;8-7-/t19-,23-,24+,25-;;10-/m0.0/s1. The zero-order valence-electron chi connectivity index (χ0n) is 46.5. The minimum Gasteiger partial charge on any atom is -0.623 e. The van der Waals surface area contributed by atoms with Crippen molar-refractivity contribution >= 4 is 80.0 Å². The second-order valence-corrected chi connectivity index (χ2v) is 33.7. The van der Waals surface area contributed by atoms with E-state index in [-0.39, 0.29) is 46.8 Å². The van der Waals surface area contributed by atoms with Crippen molar-refractivity contribution in [3.63, 3.8) is 0 Å². The van der Waals surface area contributed by atoms with E-state index in [1.807, 2.05) is 67.6 Å². The van der Waals surface area contributed by atoms with Gasteiger partial charge in [-0.25, -0.2) is 9.53 Å². The molecule has 0 unspecified atom stereocenters. The monoisotopic (exact) mass is 1290 g/mol. The van der Waals surface area contributed by atoms with Crippen molar-refractivity contribution in [1.29, 1.82) is 0 Å². The zero-order valence-corrected chi connectivity index (χ0v) is 52.8. The number of aliphatic hydroxyl groups is 1. The molecule has 0 aliphatic carbocycles. The fourth-order valence-corrected chi connectivity index (χ4v) is 10.7. The Morgan fingerprint density at radius 3 is 1.87 bits per heavy atom. The molecular formula is C57H80I2N2O12Si2. The molecule has 1 N–H and O–H groups in total. The SMILES string of the molecule is COC(=O)/C=[N+](\[O-])Cc1cccc(I)c1OCc1ccc(OC)cc1.C[C@H](O)/C=C\CO[Si](C)(C)C(C)(C)C.Cc1ccc(COc2c(I)cccc2CN2O[C@@H](CO[Si](C)(C)C(C)(C)C)[C@H]3[C@H](C)OC(=O)[C@H]32)cc1. The molecule has 2 aliphatic rings. The Bertz CT molecular complexity index is 2530. The highest BCUT2D eigenvalue weighted by molar-refractivity contribution is 14.1. The van der Waals surface area contributed by atoms with Crippen LogP contribution in [-0.4, -0.2) is 101 Å². The number of esters is 2. The van der Waals surface area contributed by atoms with Gasteiger partial charge in [0.15, 0.2) is 23.2 Å². The molecule has 5 atom stereocenters. The Kier molecular flexibility index (Phi) is 24.3. The quantitative estimate of drug-likeness (QED) is 0.0138. The number of carbonyl (C=O) groups is 2. The van der Waals surface area contributed by atoms with Gasteiger partial charge in [-0.05, 0) is 144 Å². The number of carbonyl (C=O) groups excluding carboxylic acids is 2. The third kappa shape index (κ3) is 19.2. The smallest absolute Gasteiger partial charge is 0.396 e. The van der Waals surface area contributed by atoms with Crippen molar-refractivity contribution in [1.82, 2.24) is 5.06 Å². The summed E-state index contributed by atoms with van der Waals surface area (Å²) < 4.78 is 42.3. The van der Waals surface area contributed by atoms with Crippen LogP contribution in [0.3, 0.4) is 0 Å². The maximum absolute atomic E-state index is 12.9. The highest BCUT2D eigenvalue weighted by Gasteiger charge is 2.57. The number of halogens is 2. The molecule has 18 heteroatoms. The van der Waals surface area contributed by atoms with Crippen LogP contribution in [0.2, 0.25) is 36.3 Å². The fourth-order valence-electron chi connectivity index (χ4n) is 7.33. The molecule has 0 spiro atoms. The first-order chi connectivity index (χ1) is 35.1. The number of aryl methyl sites for hydroxylation is 1. The van der Waals surface area contributed by atoms with Gasteiger partial charge in [0.2, 0.25) is 0 Å². The Morgan fingerprint density at radius 1 is 0.827 bits per heavy atom. The lowest BCUT2D eigenvalue weighted by Gasteiger charge is -2.37. The van der Waals surface area contributed by atoms with E-state index in [1.54, 1.807) is 31.2 Å². The van der Waals surface area contributed by atoms with Crippen LogP contribution in [0.5, 0.6) is 17.2 Å². The van der Waals surface area contributed by atoms with Gasteiger partial charge in [0.1, 0.15) is 48.7 Å². The third-order valence-electron chi connectivity index (χ3n) is 13.9. The molecule has 0 amide bonds. The second-order valence-electron chi connectivity index (χ2n) is 21.8. The molecule has 2 saturated heterocycles. The van der Waals surface area contributed by atoms with Crippen LogP contribution in [0.15, 0.2) is 97.1 Å². The Balaban J connectivity index is 0.000000270. The van der Waals surface area contributed by atoms with E-state index < -0.39 is 28.6 Å². The molecule has 2 aliphatic heterocycles. The molecule has 0 radical (unpaired) electrons. The van der Waals surface area contributed by atoms with E-state index in [9.17, 15) is 14.8 Å². The summed E-state index contributed by atoms with van der Waals surface area (Å²) in [6.45, 7) is 30.4. The summed E-state index contributed by atoms with van der Waals surface area (Å²) in [6.07, 6.45) is 3.70. The van der Waals surface area contributed by atoms with E-state index in [1.165, 1.54) is 12.7 Å². The Labute approximate surface area is 475 Å².